The molecule has 0 spiro atoms. The van der Waals surface area contributed by atoms with Gasteiger partial charge in [0.25, 0.3) is 5.91 Å². The first-order valence-electron chi connectivity index (χ1n) is 9.89. The first-order chi connectivity index (χ1) is 14.4. The summed E-state index contributed by atoms with van der Waals surface area (Å²) in [5.74, 6) is 1.14. The van der Waals surface area contributed by atoms with Gasteiger partial charge in [-0.05, 0) is 50.7 Å². The third-order valence-corrected chi connectivity index (χ3v) is 6.01. The number of thiocarbonyl (C=S) groups is 1. The molecule has 31 heavy (non-hydrogen) atoms. The number of benzene rings is 1. The fraction of sp³-hybridized carbons (Fsp3) is 0.476. The van der Waals surface area contributed by atoms with Crippen LogP contribution < -0.4 is 9.47 Å². The molecule has 0 radical (unpaired) electrons. The Kier molecular flexibility index (Phi) is 10.1. The average molecular weight is 487 g/mol. The molecule has 3 rings (SSSR count). The Morgan fingerprint density at radius 3 is 2.81 bits per heavy atom. The molecule has 2 aliphatic heterocycles. The van der Waals surface area contributed by atoms with E-state index in [2.05, 4.69) is 0 Å². The van der Waals surface area contributed by atoms with Crippen LogP contribution in [0.15, 0.2) is 23.1 Å². The molecule has 0 aromatic heterocycles. The number of likely N-dealkylation sites (N-methyl/N-ethyl adjacent to an activating group) is 1. The highest BCUT2D eigenvalue weighted by Gasteiger charge is 2.31. The molecular formula is C21H27ClN2O5S2. The van der Waals surface area contributed by atoms with Crippen LogP contribution in [0.1, 0.15) is 31.2 Å². The van der Waals surface area contributed by atoms with Crippen LogP contribution in [0, 0.1) is 0 Å². The summed E-state index contributed by atoms with van der Waals surface area (Å²) in [5, 5.41) is 0. The van der Waals surface area contributed by atoms with Crippen LogP contribution in [0.25, 0.3) is 6.08 Å². The van der Waals surface area contributed by atoms with Crippen molar-refractivity contribution >= 4 is 58.7 Å². The van der Waals surface area contributed by atoms with Gasteiger partial charge >= 0.3 is 5.97 Å². The number of ether oxygens (including phenoxy) is 3. The second-order valence-corrected chi connectivity index (χ2v) is 8.96. The Hall–Kier alpha value is -1.81. The summed E-state index contributed by atoms with van der Waals surface area (Å²) in [5.41, 5.74) is 0.868. The van der Waals surface area contributed by atoms with Gasteiger partial charge in [-0.15, -0.1) is 12.4 Å². The monoisotopic (exact) mass is 486 g/mol. The number of unbranched alkanes of at least 4 members (excludes halogenated alkanes) is 2. The average Bonchev–Trinajstić information content (AvgIpc) is 3.26. The maximum atomic E-state index is 12.7. The maximum absolute atomic E-state index is 12.7. The Balaban J connectivity index is 0.00000341. The Morgan fingerprint density at radius 2 is 2.03 bits per heavy atom. The minimum Gasteiger partial charge on any atom is -0.464 e. The van der Waals surface area contributed by atoms with Crippen molar-refractivity contribution < 1.29 is 23.8 Å². The Labute approximate surface area is 198 Å². The van der Waals surface area contributed by atoms with Gasteiger partial charge in [-0.3, -0.25) is 14.5 Å². The minimum absolute atomic E-state index is 0. The number of halogens is 1. The van der Waals surface area contributed by atoms with E-state index in [0.717, 1.165) is 31.4 Å². The molecule has 170 valence electrons. The van der Waals surface area contributed by atoms with Crippen molar-refractivity contribution in [3.8, 4) is 11.5 Å². The number of hydrogen-bond acceptors (Lipinski definition) is 8. The molecule has 2 heterocycles. The van der Waals surface area contributed by atoms with Crippen LogP contribution in [0.5, 0.6) is 11.5 Å². The van der Waals surface area contributed by atoms with Crippen LogP contribution >= 0.6 is 36.4 Å². The van der Waals surface area contributed by atoms with Crippen molar-refractivity contribution in [3.63, 3.8) is 0 Å². The molecule has 2 aliphatic rings. The van der Waals surface area contributed by atoms with Crippen LogP contribution in [0.3, 0.4) is 0 Å². The van der Waals surface area contributed by atoms with Gasteiger partial charge in [0.2, 0.25) is 6.79 Å². The lowest BCUT2D eigenvalue weighted by Crippen LogP contribution is -2.29. The van der Waals surface area contributed by atoms with Crippen LogP contribution in [-0.2, 0) is 14.3 Å². The summed E-state index contributed by atoms with van der Waals surface area (Å²) in [6, 6.07) is 5.57. The highest BCUT2D eigenvalue weighted by molar-refractivity contribution is 8.26. The number of fused-ring (bicyclic) bond motifs is 1. The third kappa shape index (κ3) is 7.38. The normalized spacial score (nSPS) is 16.2. The van der Waals surface area contributed by atoms with E-state index in [1.54, 1.807) is 4.90 Å². The van der Waals surface area contributed by atoms with Crippen molar-refractivity contribution in [1.29, 1.82) is 0 Å². The summed E-state index contributed by atoms with van der Waals surface area (Å²) < 4.78 is 16.4. The SMILES string of the molecule is CN(C)CCOC(=O)CCCCCN1C(=O)/C(=C/c2ccc3c(c2)OCO3)SC1=S.Cl. The highest BCUT2D eigenvalue weighted by Crippen LogP contribution is 2.36. The van der Waals surface area contributed by atoms with E-state index in [9.17, 15) is 9.59 Å². The summed E-state index contributed by atoms with van der Waals surface area (Å²) in [6.07, 6.45) is 4.58. The van der Waals surface area contributed by atoms with E-state index in [-0.39, 0.29) is 31.1 Å². The van der Waals surface area contributed by atoms with E-state index in [0.29, 0.717) is 40.3 Å². The lowest BCUT2D eigenvalue weighted by molar-refractivity contribution is -0.144. The van der Waals surface area contributed by atoms with Gasteiger partial charge in [-0.25, -0.2) is 0 Å². The topological polar surface area (TPSA) is 68.3 Å². The number of nitrogens with zero attached hydrogens (tertiary/aromatic N) is 2. The molecule has 1 saturated heterocycles. The molecular weight excluding hydrogens is 460 g/mol. The van der Waals surface area contributed by atoms with Crippen LogP contribution in [-0.4, -0.2) is 66.6 Å². The molecule has 0 N–H and O–H groups in total. The standard InChI is InChI=1S/C21H26N2O5S2.ClH/c1-22(2)10-11-26-19(24)6-4-3-5-9-23-20(25)18(30-21(23)29)13-15-7-8-16-17(12-15)28-14-27-16;/h7-8,12-13H,3-6,9-11,14H2,1-2H3;1H/b18-13-;. The molecule has 0 unspecified atom stereocenters. The molecule has 0 saturated carbocycles. The fourth-order valence-electron chi connectivity index (χ4n) is 2.98. The molecule has 0 aliphatic carbocycles. The number of thioether (sulfide) groups is 1. The van der Waals surface area contributed by atoms with E-state index < -0.39 is 0 Å². The number of carbonyl (C=O) groups excluding carboxylic acids is 2. The Bertz CT molecular complexity index is 847. The largest absolute Gasteiger partial charge is 0.464 e. The van der Waals surface area contributed by atoms with E-state index in [1.165, 1.54) is 11.8 Å². The first-order valence-corrected chi connectivity index (χ1v) is 11.1. The molecule has 1 amide bonds. The number of carbonyl (C=O) groups is 2. The van der Waals surface area contributed by atoms with Gasteiger partial charge in [0.1, 0.15) is 10.9 Å². The zero-order chi connectivity index (χ0) is 21.5. The highest BCUT2D eigenvalue weighted by atomic mass is 35.5. The van der Waals surface area contributed by atoms with Gasteiger partial charge in [0.15, 0.2) is 11.5 Å². The predicted molar refractivity (Wildman–Crippen MR) is 128 cm³/mol. The van der Waals surface area contributed by atoms with Crippen molar-refractivity contribution in [2.24, 2.45) is 0 Å². The second-order valence-electron chi connectivity index (χ2n) is 7.28. The molecule has 0 bridgehead atoms. The molecule has 1 aromatic rings. The minimum atomic E-state index is -0.172. The number of amides is 1. The molecule has 10 heteroatoms. The van der Waals surface area contributed by atoms with E-state index in [4.69, 9.17) is 26.4 Å². The molecule has 7 nitrogen and oxygen atoms in total. The lowest BCUT2D eigenvalue weighted by atomic mass is 10.1. The summed E-state index contributed by atoms with van der Waals surface area (Å²) in [7, 11) is 3.87. The van der Waals surface area contributed by atoms with Gasteiger partial charge < -0.3 is 19.1 Å². The van der Waals surface area contributed by atoms with Crippen molar-refractivity contribution in [2.75, 3.05) is 40.6 Å². The summed E-state index contributed by atoms with van der Waals surface area (Å²) in [4.78, 5) is 28.6. The van der Waals surface area contributed by atoms with E-state index in [1.807, 2.05) is 43.3 Å². The zero-order valence-corrected chi connectivity index (χ0v) is 20.1. The summed E-state index contributed by atoms with van der Waals surface area (Å²) >= 11 is 6.69. The summed E-state index contributed by atoms with van der Waals surface area (Å²) in [6.45, 7) is 1.91. The maximum Gasteiger partial charge on any atom is 0.305 e. The van der Waals surface area contributed by atoms with Gasteiger partial charge in [0.05, 0.1) is 4.91 Å². The quantitative estimate of drug-likeness (QED) is 0.214. The number of rotatable bonds is 10. The van der Waals surface area contributed by atoms with Gasteiger partial charge in [-0.1, -0.05) is 36.5 Å². The van der Waals surface area contributed by atoms with Crippen molar-refractivity contribution in [1.82, 2.24) is 9.80 Å². The molecule has 1 fully saturated rings. The van der Waals surface area contributed by atoms with Gasteiger partial charge in [-0.2, -0.15) is 0 Å². The lowest BCUT2D eigenvalue weighted by Gasteiger charge is -2.14. The molecule has 1 aromatic carbocycles. The van der Waals surface area contributed by atoms with Crippen molar-refractivity contribution in [3.05, 3.63) is 28.7 Å². The fourth-order valence-corrected chi connectivity index (χ4v) is 4.29. The number of esters is 1. The molecule has 0 atom stereocenters. The zero-order valence-electron chi connectivity index (χ0n) is 17.6. The third-order valence-electron chi connectivity index (χ3n) is 4.63. The number of hydrogen-bond donors (Lipinski definition) is 0. The Morgan fingerprint density at radius 1 is 1.26 bits per heavy atom. The second kappa shape index (κ2) is 12.3. The smallest absolute Gasteiger partial charge is 0.305 e. The van der Waals surface area contributed by atoms with Crippen LogP contribution in [0.2, 0.25) is 0 Å². The van der Waals surface area contributed by atoms with Gasteiger partial charge in [0, 0.05) is 19.5 Å². The van der Waals surface area contributed by atoms with E-state index >= 15 is 0 Å². The first kappa shape index (κ1) is 25.5. The predicted octanol–water partition coefficient (Wildman–Crippen LogP) is 3.70. The van der Waals surface area contributed by atoms with Crippen LogP contribution in [0.4, 0.5) is 0 Å². The van der Waals surface area contributed by atoms with Crippen molar-refractivity contribution in [2.45, 2.75) is 25.7 Å².